The lowest BCUT2D eigenvalue weighted by atomic mass is 9.93. The second-order valence-electron chi connectivity index (χ2n) is 6.51. The third-order valence-corrected chi connectivity index (χ3v) is 4.25. The van der Waals surface area contributed by atoms with E-state index in [0.717, 1.165) is 13.0 Å². The first kappa shape index (κ1) is 17.2. The molecule has 4 heteroatoms. The Kier molecular flexibility index (Phi) is 6.21. The maximum atomic E-state index is 11.3. The molecular formula is C16H27NO2S. The minimum atomic E-state index is -2.87. The van der Waals surface area contributed by atoms with Gasteiger partial charge in [0.05, 0.1) is 0 Å². The molecule has 1 aromatic carbocycles. The van der Waals surface area contributed by atoms with Gasteiger partial charge < -0.3 is 5.32 Å². The Balaban J connectivity index is 2.65. The molecule has 0 heterocycles. The van der Waals surface area contributed by atoms with Gasteiger partial charge in [-0.05, 0) is 45.1 Å². The first-order valence-electron chi connectivity index (χ1n) is 7.15. The highest BCUT2D eigenvalue weighted by Crippen LogP contribution is 2.21. The van der Waals surface area contributed by atoms with Crippen LogP contribution in [0.4, 0.5) is 0 Å². The highest BCUT2D eigenvalue weighted by Gasteiger charge is 2.16. The predicted molar refractivity (Wildman–Crippen MR) is 85.9 cm³/mol. The lowest BCUT2D eigenvalue weighted by Gasteiger charge is -2.25. The fraction of sp³-hybridized carbons (Fsp3) is 0.625. The summed E-state index contributed by atoms with van der Waals surface area (Å²) in [5.41, 5.74) is 1.35. The summed E-state index contributed by atoms with van der Waals surface area (Å²) in [5, 5.41) is 3.52. The van der Waals surface area contributed by atoms with Crippen molar-refractivity contribution in [2.75, 3.05) is 18.6 Å². The molecule has 0 saturated carbocycles. The Morgan fingerprint density at radius 3 is 2.25 bits per heavy atom. The van der Waals surface area contributed by atoms with E-state index in [2.05, 4.69) is 38.2 Å². The summed E-state index contributed by atoms with van der Waals surface area (Å²) in [6.07, 6.45) is 2.91. The summed E-state index contributed by atoms with van der Waals surface area (Å²) in [7, 11) is -2.87. The summed E-state index contributed by atoms with van der Waals surface area (Å²) < 4.78 is 22.5. The Bertz CT molecular complexity index is 489. The molecule has 1 atom stereocenters. The standard InChI is InChI=1S/C16H27NO2S/c1-16(2,3)17-13-15(11-8-12-20(4,18)19)14-9-6-5-7-10-14/h5-7,9-10,15,17H,8,11-13H2,1-4H3. The molecule has 0 radical (unpaired) electrons. The molecule has 0 amide bonds. The van der Waals surface area contributed by atoms with Crippen LogP contribution in [-0.4, -0.2) is 32.5 Å². The van der Waals surface area contributed by atoms with Crippen molar-refractivity contribution in [1.29, 1.82) is 0 Å². The van der Waals surface area contributed by atoms with Crippen molar-refractivity contribution >= 4 is 9.84 Å². The first-order valence-corrected chi connectivity index (χ1v) is 9.21. The molecule has 0 bridgehead atoms. The molecule has 1 rings (SSSR count). The average Bonchev–Trinajstić information content (AvgIpc) is 2.32. The maximum Gasteiger partial charge on any atom is 0.147 e. The number of hydrogen-bond donors (Lipinski definition) is 1. The zero-order valence-corrected chi connectivity index (χ0v) is 13.8. The van der Waals surface area contributed by atoms with Crippen LogP contribution < -0.4 is 5.32 Å². The van der Waals surface area contributed by atoms with E-state index in [9.17, 15) is 8.42 Å². The molecule has 1 unspecified atom stereocenters. The van der Waals surface area contributed by atoms with Gasteiger partial charge in [-0.1, -0.05) is 30.3 Å². The molecule has 1 aromatic rings. The van der Waals surface area contributed by atoms with Gasteiger partial charge in [0.2, 0.25) is 0 Å². The lowest BCUT2D eigenvalue weighted by Crippen LogP contribution is -2.38. The van der Waals surface area contributed by atoms with E-state index >= 15 is 0 Å². The molecular weight excluding hydrogens is 270 g/mol. The molecule has 0 aliphatic carbocycles. The topological polar surface area (TPSA) is 46.2 Å². The van der Waals surface area contributed by atoms with Crippen LogP contribution in [-0.2, 0) is 9.84 Å². The van der Waals surface area contributed by atoms with Crippen molar-refractivity contribution in [2.24, 2.45) is 0 Å². The van der Waals surface area contributed by atoms with E-state index in [0.29, 0.717) is 12.3 Å². The van der Waals surface area contributed by atoms with Crippen LogP contribution in [0.3, 0.4) is 0 Å². The van der Waals surface area contributed by atoms with E-state index in [1.807, 2.05) is 18.2 Å². The van der Waals surface area contributed by atoms with E-state index in [1.54, 1.807) is 0 Å². The molecule has 0 aromatic heterocycles. The van der Waals surface area contributed by atoms with Crippen LogP contribution in [0.25, 0.3) is 0 Å². The van der Waals surface area contributed by atoms with Crippen molar-refractivity contribution in [3.8, 4) is 0 Å². The Morgan fingerprint density at radius 2 is 1.75 bits per heavy atom. The average molecular weight is 297 g/mol. The molecule has 1 N–H and O–H groups in total. The predicted octanol–water partition coefficient (Wildman–Crippen LogP) is 2.98. The van der Waals surface area contributed by atoms with Crippen molar-refractivity contribution in [3.63, 3.8) is 0 Å². The Labute approximate surface area is 123 Å². The zero-order chi connectivity index (χ0) is 15.2. The van der Waals surface area contributed by atoms with Gasteiger partial charge in [-0.15, -0.1) is 0 Å². The van der Waals surface area contributed by atoms with Gasteiger partial charge >= 0.3 is 0 Å². The second-order valence-corrected chi connectivity index (χ2v) is 8.77. The molecule has 0 saturated heterocycles. The number of rotatable bonds is 7. The fourth-order valence-corrected chi connectivity index (χ4v) is 2.82. The van der Waals surface area contributed by atoms with Gasteiger partial charge in [0.25, 0.3) is 0 Å². The summed E-state index contributed by atoms with van der Waals surface area (Å²) in [4.78, 5) is 0. The molecule has 3 nitrogen and oxygen atoms in total. The van der Waals surface area contributed by atoms with Crippen LogP contribution in [0.5, 0.6) is 0 Å². The Hall–Kier alpha value is -0.870. The van der Waals surface area contributed by atoms with Gasteiger partial charge in [-0.3, -0.25) is 0 Å². The van der Waals surface area contributed by atoms with E-state index in [1.165, 1.54) is 11.8 Å². The molecule has 20 heavy (non-hydrogen) atoms. The number of benzene rings is 1. The van der Waals surface area contributed by atoms with Crippen molar-refractivity contribution in [2.45, 2.75) is 45.1 Å². The number of nitrogens with one attached hydrogen (secondary N) is 1. The quantitative estimate of drug-likeness (QED) is 0.841. The maximum absolute atomic E-state index is 11.3. The van der Waals surface area contributed by atoms with Crippen LogP contribution >= 0.6 is 0 Å². The highest BCUT2D eigenvalue weighted by atomic mass is 32.2. The fourth-order valence-electron chi connectivity index (χ4n) is 2.13. The molecule has 0 spiro atoms. The summed E-state index contributed by atoms with van der Waals surface area (Å²) in [6.45, 7) is 7.31. The summed E-state index contributed by atoms with van der Waals surface area (Å²) in [6, 6.07) is 10.3. The van der Waals surface area contributed by atoms with E-state index in [4.69, 9.17) is 0 Å². The number of hydrogen-bond acceptors (Lipinski definition) is 3. The van der Waals surface area contributed by atoms with Crippen molar-refractivity contribution < 1.29 is 8.42 Å². The first-order chi connectivity index (χ1) is 9.17. The van der Waals surface area contributed by atoms with Crippen LogP contribution in [0, 0.1) is 0 Å². The third kappa shape index (κ3) is 7.65. The van der Waals surface area contributed by atoms with E-state index in [-0.39, 0.29) is 11.3 Å². The summed E-state index contributed by atoms with van der Waals surface area (Å²) >= 11 is 0. The smallest absolute Gasteiger partial charge is 0.147 e. The van der Waals surface area contributed by atoms with Crippen molar-refractivity contribution in [3.05, 3.63) is 35.9 Å². The number of sulfone groups is 1. The second kappa shape index (κ2) is 7.23. The largest absolute Gasteiger partial charge is 0.311 e. The van der Waals surface area contributed by atoms with Gasteiger partial charge in [0.15, 0.2) is 0 Å². The normalized spacial score (nSPS) is 14.2. The third-order valence-electron chi connectivity index (χ3n) is 3.22. The van der Waals surface area contributed by atoms with Gasteiger partial charge in [0, 0.05) is 24.1 Å². The zero-order valence-electron chi connectivity index (χ0n) is 13.0. The molecule has 114 valence electrons. The van der Waals surface area contributed by atoms with Crippen LogP contribution in [0.15, 0.2) is 30.3 Å². The summed E-state index contributed by atoms with van der Waals surface area (Å²) in [5.74, 6) is 0.628. The highest BCUT2D eigenvalue weighted by molar-refractivity contribution is 7.90. The minimum absolute atomic E-state index is 0.0733. The van der Waals surface area contributed by atoms with Crippen LogP contribution in [0.2, 0.25) is 0 Å². The molecule has 0 aliphatic rings. The van der Waals surface area contributed by atoms with E-state index < -0.39 is 9.84 Å². The lowest BCUT2D eigenvalue weighted by molar-refractivity contribution is 0.398. The van der Waals surface area contributed by atoms with Crippen molar-refractivity contribution in [1.82, 2.24) is 5.32 Å². The van der Waals surface area contributed by atoms with Gasteiger partial charge in [-0.25, -0.2) is 8.42 Å². The minimum Gasteiger partial charge on any atom is -0.311 e. The SMILES string of the molecule is CC(C)(C)NCC(CCCS(C)(=O)=O)c1ccccc1. The van der Waals surface area contributed by atoms with Gasteiger partial charge in [-0.2, -0.15) is 0 Å². The van der Waals surface area contributed by atoms with Gasteiger partial charge in [0.1, 0.15) is 9.84 Å². The van der Waals surface area contributed by atoms with Crippen LogP contribution in [0.1, 0.15) is 45.1 Å². The monoisotopic (exact) mass is 297 g/mol. The molecule has 0 aliphatic heterocycles. The molecule has 0 fully saturated rings. The Morgan fingerprint density at radius 1 is 1.15 bits per heavy atom.